The maximum absolute atomic E-state index is 4.94. The highest BCUT2D eigenvalue weighted by Gasteiger charge is 2.16. The smallest absolute Gasteiger partial charge is 0.0708 e. The minimum absolute atomic E-state index is 0.0670. The highest BCUT2D eigenvalue weighted by molar-refractivity contribution is 6.06. The van der Waals surface area contributed by atoms with E-state index in [1.165, 1.54) is 38.8 Å². The van der Waals surface area contributed by atoms with Crippen LogP contribution in [-0.4, -0.2) is 9.97 Å². The third kappa shape index (κ3) is 4.94. The van der Waals surface area contributed by atoms with Gasteiger partial charge in [0.2, 0.25) is 0 Å². The molecular formula is C38H34N2. The first-order valence-electron chi connectivity index (χ1n) is 13.9. The lowest BCUT2D eigenvalue weighted by Crippen LogP contribution is -2.11. The number of hydrogen-bond donors (Lipinski definition) is 0. The summed E-state index contributed by atoms with van der Waals surface area (Å²) in [5.74, 6) is 0. The van der Waals surface area contributed by atoms with Crippen LogP contribution >= 0.6 is 0 Å². The molecule has 0 N–H and O–H groups in total. The van der Waals surface area contributed by atoms with Crippen LogP contribution in [0.25, 0.3) is 55.5 Å². The molecule has 0 saturated carbocycles. The first kappa shape index (κ1) is 25.7. The fourth-order valence-corrected chi connectivity index (χ4v) is 5.51. The topological polar surface area (TPSA) is 25.8 Å². The third-order valence-electron chi connectivity index (χ3n) is 7.74. The van der Waals surface area contributed by atoms with E-state index in [2.05, 4.69) is 132 Å². The van der Waals surface area contributed by atoms with Gasteiger partial charge in [-0.05, 0) is 82.3 Å². The highest BCUT2D eigenvalue weighted by atomic mass is 14.7. The molecule has 0 unspecified atom stereocenters. The second kappa shape index (κ2) is 10.2. The van der Waals surface area contributed by atoms with Crippen molar-refractivity contribution in [2.24, 2.45) is 0 Å². The molecule has 6 aromatic rings. The SMILES string of the molecule is Cc1ccc(-c2ccc(-c3cccc(-c4cc(C(C)(C)C)ccn4)c3)c3cnc(-c4ccccc4)cc23)c(C)c1. The second-order valence-electron chi connectivity index (χ2n) is 11.7. The van der Waals surface area contributed by atoms with E-state index in [1.54, 1.807) is 0 Å². The predicted molar refractivity (Wildman–Crippen MR) is 169 cm³/mol. The maximum Gasteiger partial charge on any atom is 0.0708 e. The van der Waals surface area contributed by atoms with Gasteiger partial charge in [0.25, 0.3) is 0 Å². The molecule has 0 aliphatic rings. The van der Waals surface area contributed by atoms with Crippen molar-refractivity contribution in [1.82, 2.24) is 9.97 Å². The summed E-state index contributed by atoms with van der Waals surface area (Å²) in [6, 6.07) is 37.0. The summed E-state index contributed by atoms with van der Waals surface area (Å²) < 4.78 is 0. The van der Waals surface area contributed by atoms with Crippen molar-refractivity contribution in [3.8, 4) is 44.8 Å². The fraction of sp³-hybridized carbons (Fsp3) is 0.158. The molecule has 0 amide bonds. The molecule has 2 nitrogen and oxygen atoms in total. The van der Waals surface area contributed by atoms with Crippen molar-refractivity contribution in [3.63, 3.8) is 0 Å². The number of rotatable bonds is 4. The zero-order chi connectivity index (χ0) is 27.9. The summed E-state index contributed by atoms with van der Waals surface area (Å²) in [6.45, 7) is 11.1. The van der Waals surface area contributed by atoms with E-state index in [1.807, 2.05) is 18.5 Å². The minimum Gasteiger partial charge on any atom is -0.256 e. The first-order valence-corrected chi connectivity index (χ1v) is 13.9. The molecule has 196 valence electrons. The van der Waals surface area contributed by atoms with E-state index in [4.69, 9.17) is 9.97 Å². The molecule has 0 atom stereocenters. The van der Waals surface area contributed by atoms with E-state index in [-0.39, 0.29) is 5.41 Å². The Morgan fingerprint density at radius 1 is 0.525 bits per heavy atom. The molecular weight excluding hydrogens is 484 g/mol. The standard InChI is InChI=1S/C38H34N2/c1-25-14-15-31(26(2)20-25)33-17-16-32(35-24-40-37(23-34(33)35)27-10-7-6-8-11-27)28-12-9-13-29(21-28)36-22-30(18-19-39-36)38(3,4)5/h6-24H,1-5H3. The number of pyridine rings is 2. The van der Waals surface area contributed by atoms with Crippen molar-refractivity contribution in [2.75, 3.05) is 0 Å². The van der Waals surface area contributed by atoms with Crippen LogP contribution in [-0.2, 0) is 5.41 Å². The van der Waals surface area contributed by atoms with Crippen LogP contribution < -0.4 is 0 Å². The van der Waals surface area contributed by atoms with Gasteiger partial charge in [-0.3, -0.25) is 9.97 Å². The molecule has 2 heteroatoms. The Bertz CT molecular complexity index is 1840. The van der Waals surface area contributed by atoms with Gasteiger partial charge in [0.15, 0.2) is 0 Å². The van der Waals surface area contributed by atoms with E-state index >= 15 is 0 Å². The monoisotopic (exact) mass is 518 g/mol. The number of nitrogens with zero attached hydrogens (tertiary/aromatic N) is 2. The number of fused-ring (bicyclic) bond motifs is 1. The molecule has 0 spiro atoms. The Hall–Kier alpha value is -4.56. The average Bonchev–Trinajstić information content (AvgIpc) is 2.97. The highest BCUT2D eigenvalue weighted by Crippen LogP contribution is 2.39. The van der Waals surface area contributed by atoms with E-state index in [0.717, 1.165) is 33.5 Å². The quantitative estimate of drug-likeness (QED) is 0.232. The van der Waals surface area contributed by atoms with Gasteiger partial charge in [-0.15, -0.1) is 0 Å². The van der Waals surface area contributed by atoms with Gasteiger partial charge in [-0.2, -0.15) is 0 Å². The number of aromatic nitrogens is 2. The van der Waals surface area contributed by atoms with Crippen molar-refractivity contribution >= 4 is 10.8 Å². The van der Waals surface area contributed by atoms with Crippen LogP contribution in [0.3, 0.4) is 0 Å². The molecule has 0 fully saturated rings. The van der Waals surface area contributed by atoms with Crippen LogP contribution in [0.2, 0.25) is 0 Å². The summed E-state index contributed by atoms with van der Waals surface area (Å²) in [5.41, 5.74) is 12.9. The Balaban J connectivity index is 1.54. The van der Waals surface area contributed by atoms with E-state index in [9.17, 15) is 0 Å². The second-order valence-corrected chi connectivity index (χ2v) is 11.7. The van der Waals surface area contributed by atoms with Crippen molar-refractivity contribution < 1.29 is 0 Å². The summed E-state index contributed by atoms with van der Waals surface area (Å²) in [5, 5.41) is 2.35. The molecule has 2 heterocycles. The van der Waals surface area contributed by atoms with Gasteiger partial charge in [-0.1, -0.05) is 105 Å². The van der Waals surface area contributed by atoms with Crippen molar-refractivity contribution in [3.05, 3.63) is 132 Å². The summed E-state index contributed by atoms with van der Waals surface area (Å²) in [4.78, 5) is 9.67. The van der Waals surface area contributed by atoms with Crippen LogP contribution in [0.4, 0.5) is 0 Å². The zero-order valence-corrected chi connectivity index (χ0v) is 23.9. The maximum atomic E-state index is 4.94. The Labute approximate surface area is 237 Å². The van der Waals surface area contributed by atoms with Gasteiger partial charge >= 0.3 is 0 Å². The van der Waals surface area contributed by atoms with E-state index in [0.29, 0.717) is 0 Å². The summed E-state index contributed by atoms with van der Waals surface area (Å²) in [6.07, 6.45) is 3.97. The lowest BCUT2D eigenvalue weighted by molar-refractivity contribution is 0.589. The van der Waals surface area contributed by atoms with Gasteiger partial charge < -0.3 is 0 Å². The van der Waals surface area contributed by atoms with Crippen LogP contribution in [0.15, 0.2) is 116 Å². The summed E-state index contributed by atoms with van der Waals surface area (Å²) in [7, 11) is 0. The molecule has 0 bridgehead atoms. The molecule has 0 saturated heterocycles. The largest absolute Gasteiger partial charge is 0.256 e. The van der Waals surface area contributed by atoms with Gasteiger partial charge in [0.1, 0.15) is 0 Å². The Morgan fingerprint density at radius 2 is 1.23 bits per heavy atom. The predicted octanol–water partition coefficient (Wildman–Crippen LogP) is 10.2. The first-order chi connectivity index (χ1) is 19.3. The molecule has 0 aliphatic carbocycles. The number of aryl methyl sites for hydroxylation is 2. The van der Waals surface area contributed by atoms with Crippen LogP contribution in [0, 0.1) is 13.8 Å². The number of benzene rings is 4. The van der Waals surface area contributed by atoms with Gasteiger partial charge in [0.05, 0.1) is 11.4 Å². The molecule has 6 rings (SSSR count). The van der Waals surface area contributed by atoms with E-state index < -0.39 is 0 Å². The lowest BCUT2D eigenvalue weighted by atomic mass is 9.86. The number of hydrogen-bond acceptors (Lipinski definition) is 2. The van der Waals surface area contributed by atoms with Crippen molar-refractivity contribution in [1.29, 1.82) is 0 Å². The molecule has 2 aromatic heterocycles. The van der Waals surface area contributed by atoms with Crippen LogP contribution in [0.5, 0.6) is 0 Å². The summed E-state index contributed by atoms with van der Waals surface area (Å²) >= 11 is 0. The van der Waals surface area contributed by atoms with Gasteiger partial charge in [0, 0.05) is 28.9 Å². The lowest BCUT2D eigenvalue weighted by Gasteiger charge is -2.19. The normalized spacial score (nSPS) is 11.6. The third-order valence-corrected chi connectivity index (χ3v) is 7.74. The fourth-order valence-electron chi connectivity index (χ4n) is 5.51. The Morgan fingerprint density at radius 3 is 2.00 bits per heavy atom. The molecule has 4 aromatic carbocycles. The molecule has 0 radical (unpaired) electrons. The van der Waals surface area contributed by atoms with Crippen LogP contribution in [0.1, 0.15) is 37.5 Å². The molecule has 0 aliphatic heterocycles. The minimum atomic E-state index is 0.0670. The zero-order valence-electron chi connectivity index (χ0n) is 23.9. The van der Waals surface area contributed by atoms with Gasteiger partial charge in [-0.25, -0.2) is 0 Å². The average molecular weight is 519 g/mol. The molecule has 40 heavy (non-hydrogen) atoms. The Kier molecular flexibility index (Phi) is 6.56. The van der Waals surface area contributed by atoms with Crippen molar-refractivity contribution in [2.45, 2.75) is 40.0 Å².